The van der Waals surface area contributed by atoms with Crippen LogP contribution in [0.2, 0.25) is 0 Å². The minimum absolute atomic E-state index is 0.501. The molecule has 0 radical (unpaired) electrons. The Hall–Kier alpha value is -5.65. The third-order valence-corrected chi connectivity index (χ3v) is 19.2. The zero-order valence-electron chi connectivity index (χ0n) is 34.9. The van der Waals surface area contributed by atoms with E-state index in [9.17, 15) is 5.26 Å². The Balaban J connectivity index is 1.16. The summed E-state index contributed by atoms with van der Waals surface area (Å²) in [5.74, 6) is 5.81. The van der Waals surface area contributed by atoms with Crippen LogP contribution in [0.15, 0.2) is 103 Å². The quantitative estimate of drug-likeness (QED) is 0.172. The Morgan fingerprint density at radius 1 is 0.541 bits per heavy atom. The second-order valence-corrected chi connectivity index (χ2v) is 21.6. The van der Waals surface area contributed by atoms with Crippen molar-refractivity contribution in [3.05, 3.63) is 137 Å². The number of hydrogen-bond acceptors (Lipinski definition) is 1. The molecular formula is C59H48N2. The van der Waals surface area contributed by atoms with E-state index in [1.807, 2.05) is 0 Å². The van der Waals surface area contributed by atoms with Crippen molar-refractivity contribution in [2.45, 2.75) is 94.8 Å². The lowest BCUT2D eigenvalue weighted by atomic mass is 9.56. The summed E-state index contributed by atoms with van der Waals surface area (Å²) in [6, 6.07) is 42.9. The largest absolute Gasteiger partial charge is 0.308 e. The first-order valence-electron chi connectivity index (χ1n) is 23.8. The van der Waals surface area contributed by atoms with Gasteiger partial charge < -0.3 is 4.40 Å². The van der Waals surface area contributed by atoms with E-state index in [1.54, 1.807) is 16.7 Å². The summed E-state index contributed by atoms with van der Waals surface area (Å²) in [4.78, 5) is 0. The van der Waals surface area contributed by atoms with Crippen LogP contribution in [0.3, 0.4) is 0 Å². The van der Waals surface area contributed by atoms with E-state index in [4.69, 9.17) is 0 Å². The first-order chi connectivity index (χ1) is 30.0. The molecule has 8 aliphatic carbocycles. The van der Waals surface area contributed by atoms with Gasteiger partial charge in [0.25, 0.3) is 0 Å². The van der Waals surface area contributed by atoms with Crippen LogP contribution in [0.5, 0.6) is 0 Å². The topological polar surface area (TPSA) is 28.2 Å². The molecule has 0 N–H and O–H groups in total. The molecule has 5 saturated carbocycles. The molecule has 7 bridgehead atoms. The lowest BCUT2D eigenvalue weighted by Crippen LogP contribution is -2.41. The Kier molecular flexibility index (Phi) is 5.98. The first kappa shape index (κ1) is 33.0. The van der Waals surface area contributed by atoms with E-state index in [-0.39, 0.29) is 0 Å². The number of hydrogen-bond donors (Lipinski definition) is 0. The van der Waals surface area contributed by atoms with Crippen molar-refractivity contribution in [2.24, 2.45) is 29.1 Å². The summed E-state index contributed by atoms with van der Waals surface area (Å²) >= 11 is 0. The predicted molar refractivity (Wildman–Crippen MR) is 250 cm³/mol. The van der Waals surface area contributed by atoms with Gasteiger partial charge in [-0.1, -0.05) is 84.9 Å². The van der Waals surface area contributed by atoms with Crippen molar-refractivity contribution in [2.75, 3.05) is 0 Å². The molecule has 7 unspecified atom stereocenters. The number of aromatic nitrogens is 1. The molecule has 2 heterocycles. The van der Waals surface area contributed by atoms with Crippen molar-refractivity contribution >= 4 is 59.6 Å². The SMILES string of the molecule is Cc1c(-c2cccc3ccccc23)c2c3cc4c(cc3n3c5cc(C#N)c6c(c5c(c1-c1cccc5ccccc15)c23)C1CC2CC3CC6CC32C1)C1CC2CC(CC4C2)C1. The van der Waals surface area contributed by atoms with Crippen molar-refractivity contribution < 1.29 is 0 Å². The van der Waals surface area contributed by atoms with Crippen LogP contribution >= 0.6 is 0 Å². The maximum atomic E-state index is 11.3. The van der Waals surface area contributed by atoms with Gasteiger partial charge in [0.2, 0.25) is 0 Å². The van der Waals surface area contributed by atoms with Crippen LogP contribution in [-0.4, -0.2) is 4.40 Å². The van der Waals surface area contributed by atoms with Gasteiger partial charge >= 0.3 is 0 Å². The van der Waals surface area contributed by atoms with Crippen LogP contribution in [0.1, 0.15) is 121 Å². The third kappa shape index (κ3) is 3.86. The number of nitriles is 1. The molecule has 2 heteroatoms. The van der Waals surface area contributed by atoms with E-state index in [0.29, 0.717) is 29.1 Å². The van der Waals surface area contributed by atoms with E-state index in [0.717, 1.165) is 29.2 Å². The lowest BCUT2D eigenvalue weighted by molar-refractivity contribution is 0.00322. The van der Waals surface area contributed by atoms with E-state index in [1.165, 1.54) is 157 Å². The fourth-order valence-electron chi connectivity index (χ4n) is 17.3. The predicted octanol–water partition coefficient (Wildman–Crippen LogP) is 15.4. The smallest absolute Gasteiger partial charge is 0.0995 e. The number of fused-ring (bicyclic) bond motifs is 14. The molecule has 7 atom stereocenters. The van der Waals surface area contributed by atoms with Gasteiger partial charge in [0, 0.05) is 21.5 Å². The molecule has 0 aliphatic heterocycles. The fraction of sp³-hybridized carbons (Fsp3) is 0.339. The Labute approximate surface area is 356 Å². The van der Waals surface area contributed by atoms with Gasteiger partial charge in [-0.25, -0.2) is 0 Å². The van der Waals surface area contributed by atoms with Crippen molar-refractivity contribution in [3.63, 3.8) is 0 Å². The van der Waals surface area contributed by atoms with Crippen LogP contribution in [-0.2, 0) is 0 Å². The molecule has 61 heavy (non-hydrogen) atoms. The van der Waals surface area contributed by atoms with E-state index >= 15 is 0 Å². The summed E-state index contributed by atoms with van der Waals surface area (Å²) in [7, 11) is 0. The molecule has 8 aliphatic rings. The molecule has 7 aromatic carbocycles. The Morgan fingerprint density at radius 3 is 1.79 bits per heavy atom. The second kappa shape index (κ2) is 11.0. The lowest BCUT2D eigenvalue weighted by Gasteiger charge is -2.48. The van der Waals surface area contributed by atoms with Crippen LogP contribution in [0, 0.1) is 47.3 Å². The average molecular weight is 785 g/mol. The molecule has 5 fully saturated rings. The van der Waals surface area contributed by atoms with Gasteiger partial charge in [0.05, 0.1) is 28.2 Å². The fourth-order valence-corrected chi connectivity index (χ4v) is 17.3. The molecule has 9 aromatic rings. The minimum Gasteiger partial charge on any atom is -0.308 e. The number of nitrogens with zero attached hydrogens (tertiary/aromatic N) is 2. The van der Waals surface area contributed by atoms with Crippen molar-refractivity contribution in [3.8, 4) is 28.3 Å². The number of rotatable bonds is 2. The highest BCUT2D eigenvalue weighted by molar-refractivity contribution is 6.33. The van der Waals surface area contributed by atoms with Gasteiger partial charge in [-0.05, 0) is 214 Å². The van der Waals surface area contributed by atoms with E-state index < -0.39 is 0 Å². The molecule has 1 spiro atoms. The summed E-state index contributed by atoms with van der Waals surface area (Å²) in [6.07, 6.45) is 13.5. The van der Waals surface area contributed by atoms with Gasteiger partial charge in [-0.2, -0.15) is 5.26 Å². The molecule has 2 aromatic heterocycles. The first-order valence-corrected chi connectivity index (χ1v) is 23.8. The average Bonchev–Trinajstić information content (AvgIpc) is 3.92. The maximum Gasteiger partial charge on any atom is 0.0995 e. The van der Waals surface area contributed by atoms with E-state index in [2.05, 4.69) is 121 Å². The molecule has 17 rings (SSSR count). The summed E-state index contributed by atoms with van der Waals surface area (Å²) in [6.45, 7) is 2.47. The van der Waals surface area contributed by atoms with Crippen LogP contribution in [0.4, 0.5) is 0 Å². The third-order valence-electron chi connectivity index (χ3n) is 19.2. The Morgan fingerprint density at radius 2 is 1.13 bits per heavy atom. The molecule has 0 amide bonds. The highest BCUT2D eigenvalue weighted by atomic mass is 14.9. The zero-order valence-corrected chi connectivity index (χ0v) is 34.9. The zero-order chi connectivity index (χ0) is 39.6. The standard InChI is InChI=1S/C59H48N2/c1-30-51(44-14-6-10-33-8-2-4-12-42(33)44)55-48-25-46-35-17-31-16-32(18-35)20-36(19-31)47(46)26-49(48)61-50-23-39(29-60)53-37-21-40-24-41-22-38(28-59(40,41)27-37)54(53)56(50)57(58(55)61)52(30)45-15-7-11-34-9-3-5-13-43(34)45/h2-15,23,25-26,31-32,35-38,40-41H,16-22,24,27-28H2,1H3. The van der Waals surface area contributed by atoms with Crippen molar-refractivity contribution in [1.82, 2.24) is 4.40 Å². The van der Waals surface area contributed by atoms with Gasteiger partial charge in [-0.15, -0.1) is 0 Å². The van der Waals surface area contributed by atoms with Gasteiger partial charge in [0.15, 0.2) is 0 Å². The minimum atomic E-state index is 0.501. The van der Waals surface area contributed by atoms with Crippen LogP contribution in [0.25, 0.3) is 81.9 Å². The highest BCUT2D eigenvalue weighted by Gasteiger charge is 2.66. The number of benzene rings is 7. The second-order valence-electron chi connectivity index (χ2n) is 21.6. The monoisotopic (exact) mass is 784 g/mol. The molecule has 0 saturated heterocycles. The Bertz CT molecular complexity index is 3510. The summed E-state index contributed by atoms with van der Waals surface area (Å²) in [5.41, 5.74) is 18.7. The van der Waals surface area contributed by atoms with Crippen LogP contribution < -0.4 is 0 Å². The molecule has 294 valence electrons. The van der Waals surface area contributed by atoms with Gasteiger partial charge in [-0.3, -0.25) is 0 Å². The maximum absolute atomic E-state index is 11.3. The van der Waals surface area contributed by atoms with Gasteiger partial charge in [0.1, 0.15) is 0 Å². The van der Waals surface area contributed by atoms with Crippen molar-refractivity contribution in [1.29, 1.82) is 5.26 Å². The normalized spacial score (nSPS) is 30.1. The summed E-state index contributed by atoms with van der Waals surface area (Å²) in [5, 5.41) is 22.3. The molecular weight excluding hydrogens is 737 g/mol. The highest BCUT2D eigenvalue weighted by Crippen LogP contribution is 2.77. The summed E-state index contributed by atoms with van der Waals surface area (Å²) < 4.78 is 2.74. The molecule has 2 nitrogen and oxygen atoms in total.